The van der Waals surface area contributed by atoms with Gasteiger partial charge in [-0.3, -0.25) is 4.79 Å². The Labute approximate surface area is 151 Å². The van der Waals surface area contributed by atoms with Crippen LogP contribution in [0.4, 0.5) is 4.39 Å². The van der Waals surface area contributed by atoms with E-state index in [2.05, 4.69) is 0 Å². The van der Waals surface area contributed by atoms with Crippen molar-refractivity contribution in [3.8, 4) is 5.75 Å². The second-order valence-corrected chi connectivity index (χ2v) is 7.01. The molecule has 2 rings (SSSR count). The number of benzene rings is 1. The van der Waals surface area contributed by atoms with E-state index >= 15 is 0 Å². The van der Waals surface area contributed by atoms with Crippen molar-refractivity contribution in [2.75, 3.05) is 12.4 Å². The molecule has 0 fully saturated rings. The van der Waals surface area contributed by atoms with Gasteiger partial charge in [0.05, 0.1) is 11.9 Å². The number of ether oxygens (including phenoxy) is 1. The third kappa shape index (κ3) is 6.74. The quantitative estimate of drug-likeness (QED) is 0.647. The Kier molecular flexibility index (Phi) is 7.73. The molecule has 0 aromatic heterocycles. The van der Waals surface area contributed by atoms with Gasteiger partial charge in [0.2, 0.25) is 5.91 Å². The third-order valence-corrected chi connectivity index (χ3v) is 5.03. The molecule has 1 amide bonds. The summed E-state index contributed by atoms with van der Waals surface area (Å²) in [7, 11) is 0. The molecular formula is C19H22FNO3S. The Balaban J connectivity index is 1.81. The van der Waals surface area contributed by atoms with Gasteiger partial charge >= 0.3 is 0 Å². The number of hydrogen-bond donors (Lipinski definition) is 1. The Hall–Kier alpha value is -2.08. The lowest BCUT2D eigenvalue weighted by Crippen LogP contribution is -2.28. The minimum absolute atomic E-state index is 0.0687. The summed E-state index contributed by atoms with van der Waals surface area (Å²) in [5.41, 5.74) is 7.52. The maximum Gasteiger partial charge on any atom is 0.230 e. The van der Waals surface area contributed by atoms with E-state index < -0.39 is 11.2 Å². The zero-order valence-corrected chi connectivity index (χ0v) is 14.8. The Bertz CT molecular complexity index is 655. The number of rotatable bonds is 10. The van der Waals surface area contributed by atoms with Crippen molar-refractivity contribution >= 4 is 24.0 Å². The highest BCUT2D eigenvalue weighted by Crippen LogP contribution is 2.22. The van der Waals surface area contributed by atoms with Gasteiger partial charge in [-0.15, -0.1) is 11.8 Å². The van der Waals surface area contributed by atoms with E-state index in [1.165, 1.54) is 23.4 Å². The summed E-state index contributed by atoms with van der Waals surface area (Å²) in [6, 6.07) is 7.49. The monoisotopic (exact) mass is 363 g/mol. The van der Waals surface area contributed by atoms with Crippen LogP contribution in [0.15, 0.2) is 47.8 Å². The van der Waals surface area contributed by atoms with Crippen molar-refractivity contribution in [3.63, 3.8) is 0 Å². The van der Waals surface area contributed by atoms with E-state index in [-0.39, 0.29) is 11.6 Å². The van der Waals surface area contributed by atoms with Gasteiger partial charge in [-0.1, -0.05) is 23.8 Å². The largest absolute Gasteiger partial charge is 0.493 e. The molecule has 134 valence electrons. The van der Waals surface area contributed by atoms with Crippen LogP contribution in [0, 0.1) is 0 Å². The van der Waals surface area contributed by atoms with Gasteiger partial charge in [0, 0.05) is 18.6 Å². The van der Waals surface area contributed by atoms with E-state index in [9.17, 15) is 14.0 Å². The van der Waals surface area contributed by atoms with Crippen molar-refractivity contribution in [1.82, 2.24) is 0 Å². The van der Waals surface area contributed by atoms with Crippen molar-refractivity contribution in [1.29, 1.82) is 0 Å². The molecule has 0 saturated heterocycles. The van der Waals surface area contributed by atoms with Gasteiger partial charge in [-0.25, -0.2) is 4.39 Å². The first-order valence-electron chi connectivity index (χ1n) is 8.19. The average molecular weight is 363 g/mol. The summed E-state index contributed by atoms with van der Waals surface area (Å²) in [6.45, 7) is 0.541. The number of hydrogen-bond acceptors (Lipinski definition) is 4. The molecule has 0 spiro atoms. The first-order chi connectivity index (χ1) is 12.1. The molecule has 0 heterocycles. The summed E-state index contributed by atoms with van der Waals surface area (Å²) in [4.78, 5) is 21.9. The highest BCUT2D eigenvalue weighted by Gasteiger charge is 2.16. The molecule has 0 aliphatic heterocycles. The second kappa shape index (κ2) is 10.0. The zero-order chi connectivity index (χ0) is 18.1. The number of carbonyl (C=O) groups excluding carboxylic acids is 2. The Morgan fingerprint density at radius 3 is 2.64 bits per heavy atom. The molecule has 25 heavy (non-hydrogen) atoms. The van der Waals surface area contributed by atoms with E-state index in [4.69, 9.17) is 10.5 Å². The van der Waals surface area contributed by atoms with E-state index in [1.807, 2.05) is 30.3 Å². The van der Waals surface area contributed by atoms with Gasteiger partial charge in [0.1, 0.15) is 17.9 Å². The van der Waals surface area contributed by atoms with Crippen LogP contribution in [-0.2, 0) is 16.0 Å². The summed E-state index contributed by atoms with van der Waals surface area (Å²) < 4.78 is 18.6. The number of nitrogens with two attached hydrogens (primary N) is 1. The predicted molar refractivity (Wildman–Crippen MR) is 98.3 cm³/mol. The number of amides is 1. The molecule has 1 aliphatic carbocycles. The minimum atomic E-state index is -0.418. The number of aldehydes is 1. The molecule has 0 bridgehead atoms. The van der Waals surface area contributed by atoms with E-state index in [0.29, 0.717) is 19.4 Å². The van der Waals surface area contributed by atoms with Gasteiger partial charge in [-0.05, 0) is 36.6 Å². The molecule has 1 unspecified atom stereocenters. The molecule has 0 saturated carbocycles. The predicted octanol–water partition coefficient (Wildman–Crippen LogP) is 3.36. The second-order valence-electron chi connectivity index (χ2n) is 5.78. The summed E-state index contributed by atoms with van der Waals surface area (Å²) in [6.07, 6.45) is 6.60. The first kappa shape index (κ1) is 19.2. The van der Waals surface area contributed by atoms with Crippen LogP contribution < -0.4 is 10.5 Å². The van der Waals surface area contributed by atoms with Crippen molar-refractivity contribution in [2.24, 2.45) is 5.73 Å². The van der Waals surface area contributed by atoms with Crippen molar-refractivity contribution < 1.29 is 18.7 Å². The fourth-order valence-electron chi connectivity index (χ4n) is 2.50. The minimum Gasteiger partial charge on any atom is -0.493 e. The molecule has 1 aromatic carbocycles. The number of carbonyl (C=O) groups is 2. The molecule has 1 aliphatic rings. The Morgan fingerprint density at radius 2 is 2.04 bits per heavy atom. The molecule has 4 nitrogen and oxygen atoms in total. The van der Waals surface area contributed by atoms with Gasteiger partial charge in [0.25, 0.3) is 0 Å². The lowest BCUT2D eigenvalue weighted by Gasteiger charge is -2.13. The Morgan fingerprint density at radius 1 is 1.28 bits per heavy atom. The normalized spacial score (nSPS) is 15.1. The molecule has 6 heteroatoms. The van der Waals surface area contributed by atoms with Crippen LogP contribution in [0.2, 0.25) is 0 Å². The van der Waals surface area contributed by atoms with Crippen LogP contribution in [0.3, 0.4) is 0 Å². The lowest BCUT2D eigenvalue weighted by molar-refractivity contribution is -0.117. The van der Waals surface area contributed by atoms with Crippen molar-refractivity contribution in [2.45, 2.75) is 30.9 Å². The van der Waals surface area contributed by atoms with Crippen LogP contribution in [0.1, 0.15) is 24.8 Å². The molecule has 2 N–H and O–H groups in total. The lowest BCUT2D eigenvalue weighted by atomic mass is 10.0. The number of halogens is 1. The van der Waals surface area contributed by atoms with Crippen LogP contribution in [0.5, 0.6) is 5.75 Å². The molecule has 1 aromatic rings. The summed E-state index contributed by atoms with van der Waals surface area (Å²) >= 11 is 1.25. The SMILES string of the molecule is NC(=O)C(Cc1ccc(OCCC2=CC=C(F)CC2)cc1)SCC=O. The molecular weight excluding hydrogens is 341 g/mol. The number of allylic oxidation sites excluding steroid dienone is 3. The fraction of sp³-hybridized carbons (Fsp3) is 0.368. The number of thioether (sulfide) groups is 1. The van der Waals surface area contributed by atoms with E-state index in [1.54, 1.807) is 0 Å². The fourth-order valence-corrected chi connectivity index (χ4v) is 3.28. The zero-order valence-electron chi connectivity index (χ0n) is 13.9. The van der Waals surface area contributed by atoms with E-state index in [0.717, 1.165) is 30.4 Å². The van der Waals surface area contributed by atoms with Gasteiger partial charge < -0.3 is 15.3 Å². The van der Waals surface area contributed by atoms with Gasteiger partial charge in [0.15, 0.2) is 0 Å². The summed E-state index contributed by atoms with van der Waals surface area (Å²) in [5.74, 6) is 0.515. The average Bonchev–Trinajstić information content (AvgIpc) is 2.61. The van der Waals surface area contributed by atoms with Crippen LogP contribution in [-0.4, -0.2) is 29.8 Å². The molecule has 0 radical (unpaired) electrons. The smallest absolute Gasteiger partial charge is 0.230 e. The topological polar surface area (TPSA) is 69.4 Å². The number of primary amides is 1. The first-order valence-corrected chi connectivity index (χ1v) is 9.23. The standard InChI is InChI=1S/C19H22FNO3S/c20-16-5-1-14(2-6-16)9-11-24-17-7-3-15(4-8-17)13-18(19(21)23)25-12-10-22/h1,3-5,7-8,10,18H,2,6,9,11-13H2,(H2,21,23). The highest BCUT2D eigenvalue weighted by atomic mass is 32.2. The third-order valence-electron chi connectivity index (χ3n) is 3.90. The maximum absolute atomic E-state index is 12.9. The van der Waals surface area contributed by atoms with Crippen molar-refractivity contribution in [3.05, 3.63) is 53.4 Å². The maximum atomic E-state index is 12.9. The molecule has 1 atom stereocenters. The highest BCUT2D eigenvalue weighted by molar-refractivity contribution is 8.01. The summed E-state index contributed by atoms with van der Waals surface area (Å²) in [5, 5.41) is -0.413. The van der Waals surface area contributed by atoms with Gasteiger partial charge in [-0.2, -0.15) is 0 Å². The van der Waals surface area contributed by atoms with Crippen LogP contribution >= 0.6 is 11.8 Å². The van der Waals surface area contributed by atoms with Crippen LogP contribution in [0.25, 0.3) is 0 Å².